The summed E-state index contributed by atoms with van der Waals surface area (Å²) in [5.74, 6) is -0.625. The van der Waals surface area contributed by atoms with Gasteiger partial charge in [-0.25, -0.2) is 8.42 Å². The largest absolute Gasteiger partial charge is 0.428 e. The van der Waals surface area contributed by atoms with Crippen molar-refractivity contribution in [2.75, 3.05) is 5.75 Å². The van der Waals surface area contributed by atoms with E-state index in [1.54, 1.807) is 30.3 Å². The second-order valence-corrected chi connectivity index (χ2v) is 4.73. The molecule has 0 spiro atoms. The molecule has 2 aromatic rings. The first-order valence-corrected chi connectivity index (χ1v) is 5.74. The normalized spacial score (nSPS) is 11.4. The van der Waals surface area contributed by atoms with Crippen molar-refractivity contribution in [1.29, 1.82) is 5.26 Å². The summed E-state index contributed by atoms with van der Waals surface area (Å²) in [6.45, 7) is 0. The predicted molar refractivity (Wildman–Crippen MR) is 51.7 cm³/mol. The van der Waals surface area contributed by atoms with E-state index in [1.807, 2.05) is 0 Å². The number of hydrogen-bond acceptors (Lipinski definition) is 5. The predicted octanol–water partition coefficient (Wildman–Crippen LogP) is 1.13. The number of nitriles is 1. The number of sulfone groups is 1. The quantitative estimate of drug-likeness (QED) is 0.760. The van der Waals surface area contributed by atoms with E-state index in [2.05, 4.69) is 4.98 Å². The van der Waals surface area contributed by atoms with Crippen LogP contribution < -0.4 is 0 Å². The number of nitrogens with zero attached hydrogens (tertiary/aromatic N) is 2. The van der Waals surface area contributed by atoms with Gasteiger partial charge in [0.15, 0.2) is 5.58 Å². The van der Waals surface area contributed by atoms with Crippen molar-refractivity contribution in [2.24, 2.45) is 0 Å². The first-order valence-electron chi connectivity index (χ1n) is 4.09. The van der Waals surface area contributed by atoms with E-state index >= 15 is 0 Å². The molecule has 0 unspecified atom stereocenters. The van der Waals surface area contributed by atoms with Crippen LogP contribution in [0.1, 0.15) is 0 Å². The fourth-order valence-electron chi connectivity index (χ4n) is 1.13. The molecule has 0 amide bonds. The molecule has 0 aliphatic rings. The fraction of sp³-hybridized carbons (Fsp3) is 0.111. The molecule has 1 aromatic heterocycles. The Hall–Kier alpha value is -1.87. The Morgan fingerprint density at radius 2 is 2.13 bits per heavy atom. The molecule has 0 aliphatic heterocycles. The Morgan fingerprint density at radius 3 is 2.80 bits per heavy atom. The molecule has 0 radical (unpaired) electrons. The minimum Gasteiger partial charge on any atom is -0.428 e. The van der Waals surface area contributed by atoms with E-state index in [0.29, 0.717) is 11.1 Å². The summed E-state index contributed by atoms with van der Waals surface area (Å²) < 4.78 is 27.9. The maximum absolute atomic E-state index is 11.4. The van der Waals surface area contributed by atoms with Gasteiger partial charge in [-0.05, 0) is 12.1 Å². The summed E-state index contributed by atoms with van der Waals surface area (Å²) in [5.41, 5.74) is 0.864. The maximum atomic E-state index is 11.4. The van der Waals surface area contributed by atoms with Gasteiger partial charge in [-0.3, -0.25) is 0 Å². The van der Waals surface area contributed by atoms with Crippen molar-refractivity contribution < 1.29 is 12.8 Å². The number of fused-ring (bicyclic) bond motifs is 1. The number of rotatable bonds is 2. The highest BCUT2D eigenvalue weighted by Gasteiger charge is 2.21. The number of para-hydroxylation sites is 2. The van der Waals surface area contributed by atoms with Gasteiger partial charge in [-0.2, -0.15) is 10.2 Å². The minimum atomic E-state index is -3.71. The van der Waals surface area contributed by atoms with Gasteiger partial charge >= 0.3 is 5.22 Å². The molecule has 0 bridgehead atoms. The lowest BCUT2D eigenvalue weighted by atomic mass is 10.3. The first kappa shape index (κ1) is 9.68. The zero-order chi connectivity index (χ0) is 10.9. The number of oxazole rings is 1. The molecule has 0 saturated heterocycles. The second kappa shape index (κ2) is 3.37. The zero-order valence-corrected chi connectivity index (χ0v) is 8.36. The van der Waals surface area contributed by atoms with Gasteiger partial charge in [0.1, 0.15) is 11.3 Å². The average Bonchev–Trinajstić information content (AvgIpc) is 2.61. The molecule has 5 nitrogen and oxygen atoms in total. The van der Waals surface area contributed by atoms with E-state index in [9.17, 15) is 8.42 Å². The molecule has 0 atom stereocenters. The maximum Gasteiger partial charge on any atom is 0.317 e. The molecule has 2 rings (SSSR count). The highest BCUT2D eigenvalue weighted by molar-refractivity contribution is 7.91. The van der Waals surface area contributed by atoms with Gasteiger partial charge in [0, 0.05) is 0 Å². The summed E-state index contributed by atoms with van der Waals surface area (Å²) in [6, 6.07) is 8.27. The van der Waals surface area contributed by atoms with Crippen LogP contribution in [0, 0.1) is 11.3 Å². The zero-order valence-electron chi connectivity index (χ0n) is 7.54. The Balaban J connectivity index is 2.60. The van der Waals surface area contributed by atoms with Crippen LogP contribution in [0.2, 0.25) is 0 Å². The van der Waals surface area contributed by atoms with Crippen LogP contribution >= 0.6 is 0 Å². The Bertz CT molecular complexity index is 604. The van der Waals surface area contributed by atoms with E-state index in [0.717, 1.165) is 0 Å². The van der Waals surface area contributed by atoms with E-state index < -0.39 is 20.8 Å². The highest BCUT2D eigenvalue weighted by Crippen LogP contribution is 2.18. The van der Waals surface area contributed by atoms with Gasteiger partial charge in [0.2, 0.25) is 9.84 Å². The second-order valence-electron chi connectivity index (χ2n) is 2.86. The van der Waals surface area contributed by atoms with Gasteiger partial charge in [-0.15, -0.1) is 0 Å². The third-order valence-electron chi connectivity index (χ3n) is 1.79. The monoisotopic (exact) mass is 222 g/mol. The van der Waals surface area contributed by atoms with Crippen LogP contribution in [0.15, 0.2) is 33.9 Å². The summed E-state index contributed by atoms with van der Waals surface area (Å²) in [4.78, 5) is 3.80. The van der Waals surface area contributed by atoms with Crippen molar-refractivity contribution in [3.63, 3.8) is 0 Å². The van der Waals surface area contributed by atoms with Gasteiger partial charge < -0.3 is 4.42 Å². The molecule has 76 valence electrons. The Kier molecular flexibility index (Phi) is 2.17. The molecule has 6 heteroatoms. The molecule has 0 saturated carbocycles. The smallest absolute Gasteiger partial charge is 0.317 e. The lowest BCUT2D eigenvalue weighted by Crippen LogP contribution is -2.04. The number of hydrogen-bond donors (Lipinski definition) is 0. The van der Waals surface area contributed by atoms with Crippen molar-refractivity contribution in [1.82, 2.24) is 4.98 Å². The van der Waals surface area contributed by atoms with E-state index in [1.165, 1.54) is 0 Å². The summed E-state index contributed by atoms with van der Waals surface area (Å²) in [6.07, 6.45) is 0. The third kappa shape index (κ3) is 1.69. The topological polar surface area (TPSA) is 84.0 Å². The van der Waals surface area contributed by atoms with Crippen LogP contribution in [-0.2, 0) is 9.84 Å². The van der Waals surface area contributed by atoms with Crippen LogP contribution in [0.25, 0.3) is 11.1 Å². The Labute approximate surface area is 85.9 Å². The molecule has 0 fully saturated rings. The van der Waals surface area contributed by atoms with Crippen LogP contribution in [-0.4, -0.2) is 19.2 Å². The molecular formula is C9H6N2O3S. The van der Waals surface area contributed by atoms with Crippen LogP contribution in [0.5, 0.6) is 0 Å². The van der Waals surface area contributed by atoms with Crippen LogP contribution in [0.3, 0.4) is 0 Å². The van der Waals surface area contributed by atoms with Crippen molar-refractivity contribution >= 4 is 20.9 Å². The summed E-state index contributed by atoms with van der Waals surface area (Å²) in [7, 11) is -3.71. The van der Waals surface area contributed by atoms with Crippen molar-refractivity contribution in [3.05, 3.63) is 24.3 Å². The third-order valence-corrected chi connectivity index (χ3v) is 3.01. The SMILES string of the molecule is N#CCS(=O)(=O)c1nc2ccccc2o1. The summed E-state index contributed by atoms with van der Waals surface area (Å²) in [5, 5.41) is 7.94. The standard InChI is InChI=1S/C9H6N2O3S/c10-5-6-15(12,13)9-11-7-3-1-2-4-8(7)14-9/h1-4H,6H2. The summed E-state index contributed by atoms with van der Waals surface area (Å²) >= 11 is 0. The number of aromatic nitrogens is 1. The fourth-order valence-corrected chi connectivity index (χ4v) is 1.88. The molecule has 1 aromatic carbocycles. The van der Waals surface area contributed by atoms with Gasteiger partial charge in [-0.1, -0.05) is 12.1 Å². The van der Waals surface area contributed by atoms with Crippen molar-refractivity contribution in [2.45, 2.75) is 5.22 Å². The van der Waals surface area contributed by atoms with Gasteiger partial charge in [0.05, 0.1) is 6.07 Å². The van der Waals surface area contributed by atoms with Gasteiger partial charge in [0.25, 0.3) is 0 Å². The average molecular weight is 222 g/mol. The highest BCUT2D eigenvalue weighted by atomic mass is 32.2. The molecule has 15 heavy (non-hydrogen) atoms. The lowest BCUT2D eigenvalue weighted by molar-refractivity contribution is 0.459. The molecule has 0 N–H and O–H groups in total. The Morgan fingerprint density at radius 1 is 1.40 bits per heavy atom. The van der Waals surface area contributed by atoms with E-state index in [4.69, 9.17) is 9.68 Å². The van der Waals surface area contributed by atoms with Crippen molar-refractivity contribution in [3.8, 4) is 6.07 Å². The lowest BCUT2D eigenvalue weighted by Gasteiger charge is -1.89. The molecule has 1 heterocycles. The molecule has 0 aliphatic carbocycles. The first-order chi connectivity index (χ1) is 7.13. The minimum absolute atomic E-state index is 0.397. The van der Waals surface area contributed by atoms with Crippen LogP contribution in [0.4, 0.5) is 0 Å². The van der Waals surface area contributed by atoms with E-state index in [-0.39, 0.29) is 0 Å². The molecular weight excluding hydrogens is 216 g/mol. The number of benzene rings is 1.